The number of aliphatic hydroxyl groups is 1. The van der Waals surface area contributed by atoms with Crippen molar-refractivity contribution >= 4 is 16.1 Å². The number of aliphatic hydroxyl groups excluding tert-OH is 1. The van der Waals surface area contributed by atoms with E-state index in [0.717, 1.165) is 21.9 Å². The molecule has 0 bridgehead atoms. The van der Waals surface area contributed by atoms with E-state index < -0.39 is 22.2 Å². The van der Waals surface area contributed by atoms with Crippen molar-refractivity contribution in [3.05, 3.63) is 71.3 Å². The maximum absolute atomic E-state index is 9.99. The Morgan fingerprint density at radius 1 is 1.00 bits per heavy atom. The predicted octanol–water partition coefficient (Wildman–Crippen LogP) is 1.62. The molecule has 0 aliphatic carbocycles. The third-order valence-corrected chi connectivity index (χ3v) is 3.89. The summed E-state index contributed by atoms with van der Waals surface area (Å²) in [4.78, 5) is 0. The zero-order chi connectivity index (χ0) is 13.5. The van der Waals surface area contributed by atoms with Gasteiger partial charge in [-0.1, -0.05) is 0 Å². The standard InChI is InChI=1S/C16H15AsO2/c18-16(11-8-13-4-2-1-3-5-13)15-9-6-14(7-10-15)12-17-19/h1-7,9-10,16-19H,12H2. The van der Waals surface area contributed by atoms with Crippen LogP contribution >= 0.6 is 0 Å². The Bertz CT molecular complexity index is 567. The van der Waals surface area contributed by atoms with Crippen LogP contribution < -0.4 is 0 Å². The van der Waals surface area contributed by atoms with Gasteiger partial charge in [0.05, 0.1) is 0 Å². The number of benzene rings is 2. The molecule has 2 N–H and O–H groups in total. The van der Waals surface area contributed by atoms with E-state index in [2.05, 4.69) is 11.8 Å². The van der Waals surface area contributed by atoms with E-state index in [4.69, 9.17) is 4.10 Å². The number of rotatable bonds is 3. The third kappa shape index (κ3) is 4.26. The van der Waals surface area contributed by atoms with Crippen LogP contribution in [0.15, 0.2) is 54.6 Å². The van der Waals surface area contributed by atoms with Crippen molar-refractivity contribution in [3.8, 4) is 11.8 Å². The van der Waals surface area contributed by atoms with Gasteiger partial charge in [0, 0.05) is 0 Å². The second-order valence-electron chi connectivity index (χ2n) is 4.11. The van der Waals surface area contributed by atoms with E-state index in [1.165, 1.54) is 0 Å². The van der Waals surface area contributed by atoms with Gasteiger partial charge in [0.2, 0.25) is 0 Å². The fourth-order valence-corrected chi connectivity index (χ4v) is 2.54. The first-order chi connectivity index (χ1) is 9.29. The molecule has 0 heterocycles. The molecule has 0 radical (unpaired) electrons. The molecule has 2 atom stereocenters. The first-order valence-corrected chi connectivity index (χ1v) is 8.42. The Morgan fingerprint density at radius 3 is 2.32 bits per heavy atom. The van der Waals surface area contributed by atoms with E-state index in [1.807, 2.05) is 54.6 Å². The van der Waals surface area contributed by atoms with Gasteiger partial charge >= 0.3 is 120 Å². The molecule has 2 unspecified atom stereocenters. The minimum atomic E-state index is -0.842. The summed E-state index contributed by atoms with van der Waals surface area (Å²) in [6, 6.07) is 17.2. The van der Waals surface area contributed by atoms with E-state index in [-0.39, 0.29) is 0 Å². The molecule has 2 rings (SSSR count). The van der Waals surface area contributed by atoms with Crippen molar-refractivity contribution in [1.29, 1.82) is 0 Å². The predicted molar refractivity (Wildman–Crippen MR) is 77.8 cm³/mol. The van der Waals surface area contributed by atoms with E-state index in [1.54, 1.807) is 0 Å². The van der Waals surface area contributed by atoms with Crippen molar-refractivity contribution in [2.75, 3.05) is 0 Å². The maximum atomic E-state index is 9.99. The molecule has 2 nitrogen and oxygen atoms in total. The van der Waals surface area contributed by atoms with Gasteiger partial charge in [-0.3, -0.25) is 0 Å². The van der Waals surface area contributed by atoms with Gasteiger partial charge in [0.1, 0.15) is 0 Å². The molecular weight excluding hydrogens is 299 g/mol. The van der Waals surface area contributed by atoms with Gasteiger partial charge in [-0.25, -0.2) is 0 Å². The Kier molecular flexibility index (Phi) is 5.24. The summed E-state index contributed by atoms with van der Waals surface area (Å²) in [7, 11) is 0. The van der Waals surface area contributed by atoms with Crippen molar-refractivity contribution in [2.45, 2.75) is 11.3 Å². The van der Waals surface area contributed by atoms with E-state index in [0.29, 0.717) is 0 Å². The fraction of sp³-hybridized carbons (Fsp3) is 0.125. The van der Waals surface area contributed by atoms with Gasteiger partial charge < -0.3 is 0 Å². The first kappa shape index (κ1) is 13.9. The molecule has 0 fully saturated rings. The van der Waals surface area contributed by atoms with Crippen molar-refractivity contribution < 1.29 is 9.20 Å². The van der Waals surface area contributed by atoms with Crippen molar-refractivity contribution in [1.82, 2.24) is 0 Å². The van der Waals surface area contributed by atoms with Crippen LogP contribution in [0.25, 0.3) is 0 Å². The summed E-state index contributed by atoms with van der Waals surface area (Å²) in [5.41, 5.74) is 2.78. The third-order valence-electron chi connectivity index (χ3n) is 2.71. The molecule has 96 valence electrons. The van der Waals surface area contributed by atoms with Crippen LogP contribution in [0.3, 0.4) is 0 Å². The molecule has 0 aromatic heterocycles. The van der Waals surface area contributed by atoms with E-state index >= 15 is 0 Å². The molecule has 19 heavy (non-hydrogen) atoms. The Morgan fingerprint density at radius 2 is 1.68 bits per heavy atom. The molecule has 0 spiro atoms. The normalized spacial score (nSPS) is 12.1. The quantitative estimate of drug-likeness (QED) is 0.668. The SMILES string of the molecule is O[AsH]Cc1ccc(C(O)C#Cc2ccccc2)cc1. The summed E-state index contributed by atoms with van der Waals surface area (Å²) >= 11 is -0.842. The molecule has 3 heteroatoms. The summed E-state index contributed by atoms with van der Waals surface area (Å²) in [6.45, 7) is 0. The van der Waals surface area contributed by atoms with Gasteiger partial charge in [-0.2, -0.15) is 0 Å². The Hall–Kier alpha value is -1.52. The van der Waals surface area contributed by atoms with Crippen LogP contribution in [0, 0.1) is 11.8 Å². The summed E-state index contributed by atoms with van der Waals surface area (Å²) < 4.78 is 8.96. The van der Waals surface area contributed by atoms with Crippen LogP contribution in [0.5, 0.6) is 0 Å². The molecule has 0 saturated heterocycles. The van der Waals surface area contributed by atoms with Gasteiger partial charge in [-0.15, -0.1) is 0 Å². The summed E-state index contributed by atoms with van der Waals surface area (Å²) in [6.07, 6.45) is -0.778. The Balaban J connectivity index is 2.08. The second-order valence-corrected chi connectivity index (χ2v) is 5.52. The fourth-order valence-electron chi connectivity index (χ4n) is 1.67. The topological polar surface area (TPSA) is 40.5 Å². The average molecular weight is 314 g/mol. The van der Waals surface area contributed by atoms with Crippen molar-refractivity contribution in [2.24, 2.45) is 0 Å². The van der Waals surface area contributed by atoms with Gasteiger partial charge in [0.15, 0.2) is 0 Å². The van der Waals surface area contributed by atoms with Crippen LogP contribution in [-0.4, -0.2) is 25.3 Å². The number of hydrogen-bond donors (Lipinski definition) is 2. The first-order valence-electron chi connectivity index (χ1n) is 6.00. The van der Waals surface area contributed by atoms with Crippen LogP contribution in [0.2, 0.25) is 0 Å². The van der Waals surface area contributed by atoms with Crippen LogP contribution in [-0.2, 0) is 5.21 Å². The van der Waals surface area contributed by atoms with Gasteiger partial charge in [0.25, 0.3) is 0 Å². The molecule has 2 aromatic carbocycles. The average Bonchev–Trinajstić information content (AvgIpc) is 2.47. The molecular formula is C16H15AsO2. The monoisotopic (exact) mass is 314 g/mol. The minimum absolute atomic E-state index is 0.756. The molecule has 0 aliphatic rings. The van der Waals surface area contributed by atoms with Crippen LogP contribution in [0.4, 0.5) is 0 Å². The molecule has 0 aliphatic heterocycles. The van der Waals surface area contributed by atoms with Crippen molar-refractivity contribution in [3.63, 3.8) is 0 Å². The molecule has 2 aromatic rings. The van der Waals surface area contributed by atoms with Crippen LogP contribution in [0.1, 0.15) is 22.8 Å². The zero-order valence-corrected chi connectivity index (χ0v) is 12.5. The van der Waals surface area contributed by atoms with E-state index in [9.17, 15) is 5.11 Å². The zero-order valence-electron chi connectivity index (χ0n) is 10.4. The Labute approximate surface area is 120 Å². The molecule has 0 saturated carbocycles. The van der Waals surface area contributed by atoms with Gasteiger partial charge in [-0.05, 0) is 0 Å². The number of hydrogen-bond acceptors (Lipinski definition) is 2. The second kappa shape index (κ2) is 7.16. The summed E-state index contributed by atoms with van der Waals surface area (Å²) in [5, 5.41) is 10.7. The molecule has 0 amide bonds. The summed E-state index contributed by atoms with van der Waals surface area (Å²) in [5.74, 6) is 5.78.